The molecular weight excluding hydrogens is 620 g/mol. The van der Waals surface area contributed by atoms with Crippen LogP contribution in [0, 0.1) is 20.2 Å². The van der Waals surface area contributed by atoms with Crippen LogP contribution in [0.25, 0.3) is 0 Å². The highest BCUT2D eigenvalue weighted by atomic mass is 16.6. The van der Waals surface area contributed by atoms with Crippen LogP contribution < -0.4 is 24.3 Å². The van der Waals surface area contributed by atoms with E-state index in [1.807, 2.05) is 84.9 Å². The van der Waals surface area contributed by atoms with Crippen molar-refractivity contribution in [2.45, 2.75) is 0 Å². The minimum Gasteiger partial charge on any atom is -0.457 e. The van der Waals surface area contributed by atoms with E-state index in [1.165, 1.54) is 24.3 Å². The third-order valence-electron chi connectivity index (χ3n) is 8.73. The zero-order valence-electron chi connectivity index (χ0n) is 26.0. The highest BCUT2D eigenvalue weighted by molar-refractivity contribution is 5.88. The fourth-order valence-electron chi connectivity index (χ4n) is 6.39. The van der Waals surface area contributed by atoms with Crippen molar-refractivity contribution >= 4 is 56.9 Å². The molecule has 2 aliphatic rings. The second-order valence-corrected chi connectivity index (χ2v) is 11.6. The van der Waals surface area contributed by atoms with Crippen LogP contribution >= 0.6 is 0 Å². The molecule has 0 amide bonds. The Bertz CT molecular complexity index is 2050. The van der Waals surface area contributed by atoms with E-state index in [0.717, 1.165) is 45.5 Å². The van der Waals surface area contributed by atoms with Gasteiger partial charge in [-0.3, -0.25) is 20.2 Å². The Kier molecular flexibility index (Phi) is 7.26. The first-order chi connectivity index (χ1) is 23.9. The third kappa shape index (κ3) is 5.48. The Balaban J connectivity index is 1.04. The maximum absolute atomic E-state index is 11.2. The van der Waals surface area contributed by atoms with Gasteiger partial charge < -0.3 is 24.3 Å². The molecule has 0 saturated carbocycles. The van der Waals surface area contributed by atoms with E-state index in [0.29, 0.717) is 24.8 Å². The van der Waals surface area contributed by atoms with Crippen molar-refractivity contribution in [2.24, 2.45) is 0 Å². The average molecular weight is 649 g/mol. The molecular formula is C38H28N6O5. The summed E-state index contributed by atoms with van der Waals surface area (Å²) in [5, 5.41) is 22.4. The summed E-state index contributed by atoms with van der Waals surface area (Å²) >= 11 is 0. The molecule has 0 aliphatic carbocycles. The number of hydrogen-bond donors (Lipinski definition) is 0. The summed E-state index contributed by atoms with van der Waals surface area (Å²) in [6.45, 7) is 1.05. The van der Waals surface area contributed by atoms with Crippen LogP contribution in [0.15, 0.2) is 146 Å². The number of benzene rings is 6. The number of rotatable bonds is 8. The largest absolute Gasteiger partial charge is 0.457 e. The van der Waals surface area contributed by atoms with Gasteiger partial charge >= 0.3 is 0 Å². The van der Waals surface area contributed by atoms with Gasteiger partial charge in [0.1, 0.15) is 24.8 Å². The Morgan fingerprint density at radius 1 is 0.429 bits per heavy atom. The van der Waals surface area contributed by atoms with E-state index in [4.69, 9.17) is 4.74 Å². The second kappa shape index (κ2) is 12.0. The maximum Gasteiger partial charge on any atom is 0.269 e. The van der Waals surface area contributed by atoms with E-state index in [2.05, 4.69) is 31.7 Å². The molecule has 0 aromatic heterocycles. The van der Waals surface area contributed by atoms with Gasteiger partial charge in [-0.2, -0.15) is 0 Å². The molecule has 49 heavy (non-hydrogen) atoms. The minimum atomic E-state index is -0.393. The van der Waals surface area contributed by atoms with E-state index in [1.54, 1.807) is 24.3 Å². The van der Waals surface area contributed by atoms with Gasteiger partial charge in [0.25, 0.3) is 11.4 Å². The SMILES string of the molecule is O=[N+]([O-])c1ccc(N2CN(c3cccc(Oc4cccc(N5CN(c6ccc([N+](=O)[O-])cc6)c6ccccc65)c4)c3)c3ccccc32)cc1. The predicted molar refractivity (Wildman–Crippen MR) is 190 cm³/mol. The number of nitro benzene ring substituents is 2. The molecule has 0 N–H and O–H groups in total. The van der Waals surface area contributed by atoms with Gasteiger partial charge in [-0.05, 0) is 72.8 Å². The fourth-order valence-corrected chi connectivity index (χ4v) is 6.39. The summed E-state index contributed by atoms with van der Waals surface area (Å²) < 4.78 is 6.44. The standard InChI is InChI=1S/C38H28N6O5/c45-43(46)29-19-15-27(16-20-29)39-25-41(37-13-3-1-11-35(37)39)31-7-5-9-33(23-31)49-34-10-6-8-32(24-34)42-26-40(36-12-2-4-14-38(36)42)28-17-21-30(22-18-28)44(47)48/h1-24H,25-26H2. The zero-order valence-corrected chi connectivity index (χ0v) is 26.0. The summed E-state index contributed by atoms with van der Waals surface area (Å²) in [5.41, 5.74) is 7.76. The van der Waals surface area contributed by atoms with Gasteiger partial charge in [0.2, 0.25) is 0 Å². The molecule has 0 saturated heterocycles. The lowest BCUT2D eigenvalue weighted by Crippen LogP contribution is -2.24. The Hall–Kier alpha value is -6.88. The number of ether oxygens (including phenoxy) is 1. The third-order valence-corrected chi connectivity index (χ3v) is 8.73. The average Bonchev–Trinajstić information content (AvgIpc) is 3.72. The number of nitro groups is 2. The van der Waals surface area contributed by atoms with Gasteiger partial charge in [-0.15, -0.1) is 0 Å². The lowest BCUT2D eigenvalue weighted by atomic mass is 10.2. The van der Waals surface area contributed by atoms with E-state index >= 15 is 0 Å². The number of non-ortho nitro benzene ring substituents is 2. The number of para-hydroxylation sites is 4. The summed E-state index contributed by atoms with van der Waals surface area (Å²) in [7, 11) is 0. The van der Waals surface area contributed by atoms with E-state index in [9.17, 15) is 20.2 Å². The molecule has 6 aromatic carbocycles. The Morgan fingerprint density at radius 2 is 0.776 bits per heavy atom. The topological polar surface area (TPSA) is 108 Å². The first-order valence-corrected chi connectivity index (χ1v) is 15.6. The van der Waals surface area contributed by atoms with Crippen LogP contribution in [0.2, 0.25) is 0 Å². The minimum absolute atomic E-state index is 0.0535. The highest BCUT2D eigenvalue weighted by Gasteiger charge is 2.30. The summed E-state index contributed by atoms with van der Waals surface area (Å²) in [4.78, 5) is 30.3. The molecule has 0 bridgehead atoms. The molecule has 8 rings (SSSR count). The lowest BCUT2D eigenvalue weighted by molar-refractivity contribution is -0.385. The van der Waals surface area contributed by atoms with Crippen LogP contribution in [0.5, 0.6) is 11.5 Å². The lowest BCUT2D eigenvalue weighted by Gasteiger charge is -2.23. The van der Waals surface area contributed by atoms with Crippen molar-refractivity contribution in [3.63, 3.8) is 0 Å². The molecule has 0 fully saturated rings. The van der Waals surface area contributed by atoms with E-state index < -0.39 is 9.85 Å². The summed E-state index contributed by atoms with van der Waals surface area (Å²) in [6.07, 6.45) is 0. The van der Waals surface area contributed by atoms with Gasteiger partial charge in [-0.25, -0.2) is 0 Å². The first-order valence-electron chi connectivity index (χ1n) is 15.6. The molecule has 11 heteroatoms. The van der Waals surface area contributed by atoms with Crippen molar-refractivity contribution in [3.8, 4) is 11.5 Å². The molecule has 6 aromatic rings. The number of fused-ring (bicyclic) bond motifs is 2. The van der Waals surface area contributed by atoms with Gasteiger partial charge in [0.15, 0.2) is 0 Å². The molecule has 0 atom stereocenters. The highest BCUT2D eigenvalue weighted by Crippen LogP contribution is 2.46. The summed E-state index contributed by atoms with van der Waals surface area (Å²) in [6, 6.07) is 45.2. The number of anilines is 8. The van der Waals surface area contributed by atoms with Crippen LogP contribution in [0.1, 0.15) is 0 Å². The smallest absolute Gasteiger partial charge is 0.269 e. The van der Waals surface area contributed by atoms with Crippen molar-refractivity contribution in [3.05, 3.63) is 166 Å². The van der Waals surface area contributed by atoms with Gasteiger partial charge in [0.05, 0.1) is 32.6 Å². The molecule has 0 unspecified atom stereocenters. The fraction of sp³-hybridized carbons (Fsp3) is 0.0526. The second-order valence-electron chi connectivity index (χ2n) is 11.6. The molecule has 0 radical (unpaired) electrons. The number of hydrogen-bond acceptors (Lipinski definition) is 9. The van der Waals surface area contributed by atoms with Gasteiger partial charge in [-0.1, -0.05) is 36.4 Å². The quantitative estimate of drug-likeness (QED) is 0.118. The maximum atomic E-state index is 11.2. The number of nitrogens with zero attached hydrogens (tertiary/aromatic N) is 6. The Morgan fingerprint density at radius 3 is 1.12 bits per heavy atom. The zero-order chi connectivity index (χ0) is 33.5. The first kappa shape index (κ1) is 29.5. The molecule has 2 aliphatic heterocycles. The van der Waals surface area contributed by atoms with Crippen LogP contribution in [0.4, 0.5) is 56.9 Å². The van der Waals surface area contributed by atoms with Crippen LogP contribution in [-0.4, -0.2) is 23.2 Å². The van der Waals surface area contributed by atoms with Crippen molar-refractivity contribution in [1.82, 2.24) is 0 Å². The molecule has 0 spiro atoms. The van der Waals surface area contributed by atoms with Crippen LogP contribution in [0.3, 0.4) is 0 Å². The normalized spacial score (nSPS) is 13.3. The van der Waals surface area contributed by atoms with Crippen molar-refractivity contribution in [2.75, 3.05) is 32.9 Å². The van der Waals surface area contributed by atoms with Crippen molar-refractivity contribution in [1.29, 1.82) is 0 Å². The Labute approximate surface area is 281 Å². The predicted octanol–water partition coefficient (Wildman–Crippen LogP) is 9.79. The van der Waals surface area contributed by atoms with Gasteiger partial charge in [0, 0.05) is 59.1 Å². The monoisotopic (exact) mass is 648 g/mol. The van der Waals surface area contributed by atoms with E-state index in [-0.39, 0.29) is 11.4 Å². The van der Waals surface area contributed by atoms with Crippen molar-refractivity contribution < 1.29 is 14.6 Å². The molecule has 2 heterocycles. The molecule has 240 valence electrons. The molecule has 11 nitrogen and oxygen atoms in total. The van der Waals surface area contributed by atoms with Crippen LogP contribution in [-0.2, 0) is 0 Å². The summed E-state index contributed by atoms with van der Waals surface area (Å²) in [5.74, 6) is 1.35.